The van der Waals surface area contributed by atoms with E-state index in [0.717, 1.165) is 37.7 Å². The van der Waals surface area contributed by atoms with Gasteiger partial charge in [0.15, 0.2) is 0 Å². The van der Waals surface area contributed by atoms with Crippen molar-refractivity contribution in [2.24, 2.45) is 0 Å². The minimum absolute atomic E-state index is 0. The van der Waals surface area contributed by atoms with Gasteiger partial charge in [0.25, 0.3) is 0 Å². The minimum Gasteiger partial charge on any atom is -0.467 e. The fourth-order valence-corrected chi connectivity index (χ4v) is 3.67. The molecule has 1 fully saturated rings. The number of esters is 1. The molecule has 1 aliphatic rings. The van der Waals surface area contributed by atoms with Crippen molar-refractivity contribution in [3.63, 3.8) is 0 Å². The Morgan fingerprint density at radius 2 is 1.62 bits per heavy atom. The normalized spacial score (nSPS) is 16.1. The standard InChI is InChI=1S/C22H27ClN2O3.ClH/c1-27-21(26)17-28-16-15-24-11-13-25(14-12-24)22(18-5-3-2-4-6-18)19-7-9-20(23)10-8-19;/h2-10,22H,11-17H2,1H3;1H. The summed E-state index contributed by atoms with van der Waals surface area (Å²) >= 11 is 6.10. The molecule has 158 valence electrons. The average Bonchev–Trinajstić information content (AvgIpc) is 2.74. The zero-order valence-corrected chi connectivity index (χ0v) is 18.2. The summed E-state index contributed by atoms with van der Waals surface area (Å²) in [6, 6.07) is 19.0. The van der Waals surface area contributed by atoms with Crippen LogP contribution in [0, 0.1) is 0 Å². The maximum atomic E-state index is 11.1. The smallest absolute Gasteiger partial charge is 0.331 e. The maximum Gasteiger partial charge on any atom is 0.331 e. The summed E-state index contributed by atoms with van der Waals surface area (Å²) in [5, 5.41) is 0.757. The van der Waals surface area contributed by atoms with Crippen molar-refractivity contribution in [1.82, 2.24) is 9.80 Å². The van der Waals surface area contributed by atoms with Gasteiger partial charge < -0.3 is 9.47 Å². The van der Waals surface area contributed by atoms with Crippen LogP contribution in [0.4, 0.5) is 0 Å². The van der Waals surface area contributed by atoms with Gasteiger partial charge in [-0.2, -0.15) is 0 Å². The van der Waals surface area contributed by atoms with E-state index in [0.29, 0.717) is 6.61 Å². The molecule has 1 atom stereocenters. The van der Waals surface area contributed by atoms with Crippen LogP contribution in [0.25, 0.3) is 0 Å². The molecule has 0 spiro atoms. The quantitative estimate of drug-likeness (QED) is 0.464. The number of ether oxygens (including phenoxy) is 2. The Hall–Kier alpha value is -1.63. The maximum absolute atomic E-state index is 11.1. The molecule has 1 aliphatic heterocycles. The molecule has 1 unspecified atom stereocenters. The molecule has 5 nitrogen and oxygen atoms in total. The molecule has 0 radical (unpaired) electrons. The largest absolute Gasteiger partial charge is 0.467 e. The van der Waals surface area contributed by atoms with E-state index in [4.69, 9.17) is 16.3 Å². The van der Waals surface area contributed by atoms with E-state index in [1.807, 2.05) is 12.1 Å². The monoisotopic (exact) mass is 438 g/mol. The molecule has 0 N–H and O–H groups in total. The molecular formula is C22H28Cl2N2O3. The molecule has 1 heterocycles. The molecule has 0 amide bonds. The van der Waals surface area contributed by atoms with E-state index in [1.165, 1.54) is 18.2 Å². The van der Waals surface area contributed by atoms with Crippen LogP contribution in [0.1, 0.15) is 17.2 Å². The summed E-state index contributed by atoms with van der Waals surface area (Å²) in [6.07, 6.45) is 0. The van der Waals surface area contributed by atoms with Crippen molar-refractivity contribution in [3.05, 3.63) is 70.7 Å². The molecule has 0 aromatic heterocycles. The molecule has 29 heavy (non-hydrogen) atoms. The van der Waals surface area contributed by atoms with Gasteiger partial charge in [0, 0.05) is 37.7 Å². The second-order valence-corrected chi connectivity index (χ2v) is 7.31. The lowest BCUT2D eigenvalue weighted by atomic mass is 9.96. The van der Waals surface area contributed by atoms with Crippen molar-refractivity contribution in [2.45, 2.75) is 6.04 Å². The predicted octanol–water partition coefficient (Wildman–Crippen LogP) is 3.66. The SMILES string of the molecule is COC(=O)COCCN1CCN(C(c2ccccc2)c2ccc(Cl)cc2)CC1.Cl. The first-order valence-corrected chi connectivity index (χ1v) is 9.96. The highest BCUT2D eigenvalue weighted by molar-refractivity contribution is 6.30. The van der Waals surface area contributed by atoms with E-state index in [1.54, 1.807) is 0 Å². The van der Waals surface area contributed by atoms with Crippen molar-refractivity contribution in [3.8, 4) is 0 Å². The molecule has 3 rings (SSSR count). The summed E-state index contributed by atoms with van der Waals surface area (Å²) in [6.45, 7) is 5.26. The first kappa shape index (κ1) is 23.6. The molecule has 0 aliphatic carbocycles. The lowest BCUT2D eigenvalue weighted by Gasteiger charge is -2.39. The highest BCUT2D eigenvalue weighted by Crippen LogP contribution is 2.30. The van der Waals surface area contributed by atoms with Gasteiger partial charge in [-0.15, -0.1) is 12.4 Å². The van der Waals surface area contributed by atoms with E-state index in [2.05, 4.69) is 57.0 Å². The molecule has 0 saturated carbocycles. The molecule has 2 aromatic carbocycles. The second kappa shape index (κ2) is 12.2. The first-order valence-electron chi connectivity index (χ1n) is 9.59. The molecular weight excluding hydrogens is 411 g/mol. The third kappa shape index (κ3) is 6.98. The van der Waals surface area contributed by atoms with Gasteiger partial charge in [-0.1, -0.05) is 54.1 Å². The van der Waals surface area contributed by atoms with Gasteiger partial charge in [0.2, 0.25) is 0 Å². The molecule has 1 saturated heterocycles. The average molecular weight is 439 g/mol. The Morgan fingerprint density at radius 1 is 1.00 bits per heavy atom. The fraction of sp³-hybridized carbons (Fsp3) is 0.409. The predicted molar refractivity (Wildman–Crippen MR) is 118 cm³/mol. The van der Waals surface area contributed by atoms with Gasteiger partial charge >= 0.3 is 5.97 Å². The Bertz CT molecular complexity index is 735. The third-order valence-electron chi connectivity index (χ3n) is 5.07. The van der Waals surface area contributed by atoms with Crippen LogP contribution in [0.2, 0.25) is 5.02 Å². The van der Waals surface area contributed by atoms with Gasteiger partial charge in [-0.25, -0.2) is 4.79 Å². The van der Waals surface area contributed by atoms with E-state index in [9.17, 15) is 4.79 Å². The lowest BCUT2D eigenvalue weighted by Crippen LogP contribution is -2.48. The van der Waals surface area contributed by atoms with Crippen LogP contribution in [0.5, 0.6) is 0 Å². The van der Waals surface area contributed by atoms with Crippen molar-refractivity contribution < 1.29 is 14.3 Å². The highest BCUT2D eigenvalue weighted by Gasteiger charge is 2.26. The van der Waals surface area contributed by atoms with E-state index < -0.39 is 0 Å². The summed E-state index contributed by atoms with van der Waals surface area (Å²) in [5.74, 6) is -0.335. The fourth-order valence-electron chi connectivity index (χ4n) is 3.55. The van der Waals surface area contributed by atoms with Crippen LogP contribution in [0.3, 0.4) is 0 Å². The van der Waals surface area contributed by atoms with E-state index >= 15 is 0 Å². The van der Waals surface area contributed by atoms with Crippen LogP contribution in [-0.2, 0) is 14.3 Å². The number of nitrogens with zero attached hydrogens (tertiary/aromatic N) is 2. The number of benzene rings is 2. The topological polar surface area (TPSA) is 42.0 Å². The number of hydrogen-bond donors (Lipinski definition) is 0. The third-order valence-corrected chi connectivity index (χ3v) is 5.32. The van der Waals surface area contributed by atoms with Crippen molar-refractivity contribution in [1.29, 1.82) is 0 Å². The van der Waals surface area contributed by atoms with Gasteiger partial charge in [-0.05, 0) is 23.3 Å². The Labute approximate surface area is 183 Å². The zero-order valence-electron chi connectivity index (χ0n) is 16.6. The molecule has 7 heteroatoms. The van der Waals surface area contributed by atoms with Crippen LogP contribution >= 0.6 is 24.0 Å². The molecule has 2 aromatic rings. The summed E-state index contributed by atoms with van der Waals surface area (Å²) in [7, 11) is 1.37. The van der Waals surface area contributed by atoms with Crippen LogP contribution in [-0.4, -0.2) is 68.8 Å². The number of piperazine rings is 1. The highest BCUT2D eigenvalue weighted by atomic mass is 35.5. The first-order chi connectivity index (χ1) is 13.7. The van der Waals surface area contributed by atoms with Crippen molar-refractivity contribution in [2.75, 3.05) is 53.0 Å². The van der Waals surface area contributed by atoms with Gasteiger partial charge in [0.05, 0.1) is 19.8 Å². The number of methoxy groups -OCH3 is 1. The summed E-state index contributed by atoms with van der Waals surface area (Å²) in [5.41, 5.74) is 2.55. The number of hydrogen-bond acceptors (Lipinski definition) is 5. The minimum atomic E-state index is -0.335. The van der Waals surface area contributed by atoms with E-state index in [-0.39, 0.29) is 31.0 Å². The van der Waals surface area contributed by atoms with Crippen molar-refractivity contribution >= 4 is 30.0 Å². The number of carbonyl (C=O) groups is 1. The van der Waals surface area contributed by atoms with Crippen LogP contribution < -0.4 is 0 Å². The van der Waals surface area contributed by atoms with Crippen LogP contribution in [0.15, 0.2) is 54.6 Å². The Balaban J connectivity index is 0.00000300. The number of carbonyl (C=O) groups excluding carboxylic acids is 1. The van der Waals surface area contributed by atoms with Gasteiger partial charge in [-0.3, -0.25) is 9.80 Å². The van der Waals surface area contributed by atoms with Gasteiger partial charge in [0.1, 0.15) is 6.61 Å². The zero-order chi connectivity index (χ0) is 19.8. The Morgan fingerprint density at radius 3 is 2.24 bits per heavy atom. The molecule has 0 bridgehead atoms. The number of rotatable bonds is 8. The lowest BCUT2D eigenvalue weighted by molar-refractivity contribution is -0.146. The summed E-state index contributed by atoms with van der Waals surface area (Å²) < 4.78 is 9.95. The second-order valence-electron chi connectivity index (χ2n) is 6.87. The number of halogens is 2. The summed E-state index contributed by atoms with van der Waals surface area (Å²) in [4.78, 5) is 16.0. The Kier molecular flexibility index (Phi) is 9.91.